The van der Waals surface area contributed by atoms with Gasteiger partial charge in [0.05, 0.1) is 0 Å². The maximum atomic E-state index is 3.60. The van der Waals surface area contributed by atoms with E-state index in [9.17, 15) is 0 Å². The van der Waals surface area contributed by atoms with Crippen molar-refractivity contribution in [2.24, 2.45) is 5.41 Å². The summed E-state index contributed by atoms with van der Waals surface area (Å²) < 4.78 is 0. The molecule has 0 aromatic heterocycles. The molecule has 0 unspecified atom stereocenters. The Morgan fingerprint density at radius 2 is 1.88 bits per heavy atom. The molecule has 2 fully saturated rings. The van der Waals surface area contributed by atoms with Crippen molar-refractivity contribution in [2.45, 2.75) is 64.8 Å². The second-order valence-electron chi connectivity index (χ2n) is 6.44. The summed E-state index contributed by atoms with van der Waals surface area (Å²) in [4.78, 5) is 2.68. The third kappa shape index (κ3) is 4.59. The molecule has 0 atom stereocenters. The highest BCUT2D eigenvalue weighted by Gasteiger charge is 2.27. The SMILES string of the molecule is CCC1(C)CCN(CCCCNC2CC2)CC1. The average Bonchev–Trinajstić information content (AvgIpc) is 3.15. The van der Waals surface area contributed by atoms with Gasteiger partial charge in [-0.05, 0) is 70.1 Å². The second kappa shape index (κ2) is 6.19. The number of nitrogens with zero attached hydrogens (tertiary/aromatic N) is 1. The number of piperidine rings is 1. The fourth-order valence-corrected chi connectivity index (χ4v) is 2.72. The monoisotopic (exact) mass is 238 g/mol. The van der Waals surface area contributed by atoms with E-state index in [2.05, 4.69) is 24.1 Å². The molecule has 17 heavy (non-hydrogen) atoms. The molecule has 0 amide bonds. The lowest BCUT2D eigenvalue weighted by Gasteiger charge is -2.39. The van der Waals surface area contributed by atoms with Gasteiger partial charge in [0.1, 0.15) is 0 Å². The average molecular weight is 238 g/mol. The zero-order valence-corrected chi connectivity index (χ0v) is 11.8. The van der Waals surface area contributed by atoms with Crippen molar-refractivity contribution in [3.63, 3.8) is 0 Å². The predicted octanol–water partition coefficient (Wildman–Crippen LogP) is 3.03. The van der Waals surface area contributed by atoms with Crippen molar-refractivity contribution >= 4 is 0 Å². The first-order valence-corrected chi connectivity index (χ1v) is 7.68. The van der Waals surface area contributed by atoms with Crippen LogP contribution in [0.15, 0.2) is 0 Å². The quantitative estimate of drug-likeness (QED) is 0.686. The van der Waals surface area contributed by atoms with E-state index >= 15 is 0 Å². The molecule has 1 saturated heterocycles. The van der Waals surface area contributed by atoms with E-state index in [0.29, 0.717) is 5.41 Å². The minimum Gasteiger partial charge on any atom is -0.314 e. The molecule has 1 aliphatic carbocycles. The molecule has 1 heterocycles. The zero-order valence-electron chi connectivity index (χ0n) is 11.8. The van der Waals surface area contributed by atoms with E-state index < -0.39 is 0 Å². The Morgan fingerprint density at radius 3 is 2.47 bits per heavy atom. The Balaban J connectivity index is 1.49. The van der Waals surface area contributed by atoms with Crippen LogP contribution in [-0.4, -0.2) is 37.1 Å². The largest absolute Gasteiger partial charge is 0.314 e. The Hall–Kier alpha value is -0.0800. The first-order chi connectivity index (χ1) is 8.22. The molecule has 0 spiro atoms. The third-order valence-electron chi connectivity index (χ3n) is 4.83. The maximum Gasteiger partial charge on any atom is 0.00682 e. The third-order valence-corrected chi connectivity index (χ3v) is 4.83. The van der Waals surface area contributed by atoms with Crippen LogP contribution in [0.1, 0.15) is 58.8 Å². The predicted molar refractivity (Wildman–Crippen MR) is 74.3 cm³/mol. The summed E-state index contributed by atoms with van der Waals surface area (Å²) in [5, 5.41) is 3.60. The van der Waals surface area contributed by atoms with Gasteiger partial charge in [0.15, 0.2) is 0 Å². The Morgan fingerprint density at radius 1 is 1.18 bits per heavy atom. The smallest absolute Gasteiger partial charge is 0.00682 e. The summed E-state index contributed by atoms with van der Waals surface area (Å²) >= 11 is 0. The van der Waals surface area contributed by atoms with Gasteiger partial charge in [-0.1, -0.05) is 20.3 Å². The molecule has 1 saturated carbocycles. The summed E-state index contributed by atoms with van der Waals surface area (Å²) in [6, 6.07) is 0.884. The number of hydrogen-bond acceptors (Lipinski definition) is 2. The molecule has 0 aromatic carbocycles. The summed E-state index contributed by atoms with van der Waals surface area (Å²) in [6.45, 7) is 10.0. The van der Waals surface area contributed by atoms with Crippen molar-refractivity contribution in [1.29, 1.82) is 0 Å². The van der Waals surface area contributed by atoms with E-state index in [4.69, 9.17) is 0 Å². The second-order valence-corrected chi connectivity index (χ2v) is 6.44. The summed E-state index contributed by atoms with van der Waals surface area (Å²) in [5.74, 6) is 0. The maximum absolute atomic E-state index is 3.60. The molecule has 2 rings (SSSR count). The first-order valence-electron chi connectivity index (χ1n) is 7.68. The molecule has 100 valence electrons. The molecular formula is C15H30N2. The lowest BCUT2D eigenvalue weighted by molar-refractivity contribution is 0.113. The molecular weight excluding hydrogens is 208 g/mol. The number of unbranched alkanes of at least 4 members (excludes halogenated alkanes) is 1. The number of rotatable bonds is 7. The fourth-order valence-electron chi connectivity index (χ4n) is 2.72. The first kappa shape index (κ1) is 13.4. The molecule has 2 aliphatic rings. The highest BCUT2D eigenvalue weighted by Crippen LogP contribution is 2.33. The Labute approximate surface area is 107 Å². The van der Waals surface area contributed by atoms with Crippen molar-refractivity contribution < 1.29 is 0 Å². The van der Waals surface area contributed by atoms with Crippen molar-refractivity contribution in [3.8, 4) is 0 Å². The van der Waals surface area contributed by atoms with Crippen LogP contribution in [-0.2, 0) is 0 Å². The summed E-state index contributed by atoms with van der Waals surface area (Å²) in [5.41, 5.74) is 0.643. The highest BCUT2D eigenvalue weighted by atomic mass is 15.1. The van der Waals surface area contributed by atoms with Crippen molar-refractivity contribution in [3.05, 3.63) is 0 Å². The van der Waals surface area contributed by atoms with Crippen LogP contribution in [0.5, 0.6) is 0 Å². The standard InChI is InChI=1S/C15H30N2/c1-3-15(2)8-12-17(13-9-15)11-5-4-10-16-14-6-7-14/h14,16H,3-13H2,1-2H3. The Bertz CT molecular complexity index is 215. The van der Waals surface area contributed by atoms with E-state index in [1.807, 2.05) is 0 Å². The molecule has 2 nitrogen and oxygen atoms in total. The lowest BCUT2D eigenvalue weighted by Crippen LogP contribution is -2.39. The summed E-state index contributed by atoms with van der Waals surface area (Å²) in [6.07, 6.45) is 9.74. The van der Waals surface area contributed by atoms with Crippen LogP contribution in [0.3, 0.4) is 0 Å². The normalized spacial score (nSPS) is 25.1. The van der Waals surface area contributed by atoms with Crippen LogP contribution in [0, 0.1) is 5.41 Å². The van der Waals surface area contributed by atoms with Gasteiger partial charge in [-0.2, -0.15) is 0 Å². The van der Waals surface area contributed by atoms with E-state index in [-0.39, 0.29) is 0 Å². The minimum absolute atomic E-state index is 0.643. The van der Waals surface area contributed by atoms with Gasteiger partial charge >= 0.3 is 0 Å². The molecule has 0 radical (unpaired) electrons. The molecule has 1 N–H and O–H groups in total. The summed E-state index contributed by atoms with van der Waals surface area (Å²) in [7, 11) is 0. The number of likely N-dealkylation sites (tertiary alicyclic amines) is 1. The molecule has 1 aliphatic heterocycles. The van der Waals surface area contributed by atoms with Crippen LogP contribution < -0.4 is 5.32 Å². The fraction of sp³-hybridized carbons (Fsp3) is 1.00. The van der Waals surface area contributed by atoms with Gasteiger partial charge in [0.2, 0.25) is 0 Å². The van der Waals surface area contributed by atoms with Crippen LogP contribution in [0.25, 0.3) is 0 Å². The lowest BCUT2D eigenvalue weighted by atomic mass is 9.78. The minimum atomic E-state index is 0.643. The van der Waals surface area contributed by atoms with Crippen molar-refractivity contribution in [2.75, 3.05) is 26.2 Å². The Kier molecular flexibility index (Phi) is 4.87. The highest BCUT2D eigenvalue weighted by molar-refractivity contribution is 4.82. The van der Waals surface area contributed by atoms with E-state index in [0.717, 1.165) is 6.04 Å². The number of nitrogens with one attached hydrogen (secondary N) is 1. The molecule has 0 aromatic rings. The van der Waals surface area contributed by atoms with E-state index in [1.54, 1.807) is 0 Å². The van der Waals surface area contributed by atoms with Crippen LogP contribution >= 0.6 is 0 Å². The van der Waals surface area contributed by atoms with Gasteiger partial charge in [-0.3, -0.25) is 0 Å². The van der Waals surface area contributed by atoms with Crippen molar-refractivity contribution in [1.82, 2.24) is 10.2 Å². The molecule has 0 bridgehead atoms. The van der Waals surface area contributed by atoms with Crippen LogP contribution in [0.2, 0.25) is 0 Å². The van der Waals surface area contributed by atoms with Gasteiger partial charge in [-0.25, -0.2) is 0 Å². The van der Waals surface area contributed by atoms with E-state index in [1.165, 1.54) is 71.1 Å². The topological polar surface area (TPSA) is 15.3 Å². The van der Waals surface area contributed by atoms with Gasteiger partial charge in [0, 0.05) is 6.04 Å². The zero-order chi connectivity index (χ0) is 12.1. The molecule has 2 heteroatoms. The van der Waals surface area contributed by atoms with Crippen LogP contribution in [0.4, 0.5) is 0 Å². The number of hydrogen-bond donors (Lipinski definition) is 1. The van der Waals surface area contributed by atoms with Gasteiger partial charge in [-0.15, -0.1) is 0 Å². The van der Waals surface area contributed by atoms with Gasteiger partial charge in [0.25, 0.3) is 0 Å². The van der Waals surface area contributed by atoms with Gasteiger partial charge < -0.3 is 10.2 Å².